The summed E-state index contributed by atoms with van der Waals surface area (Å²) in [7, 11) is 1.56. The first-order valence-electron chi connectivity index (χ1n) is 11.4. The smallest absolute Gasteiger partial charge is 0.259 e. The molecule has 7 heteroatoms. The van der Waals surface area contributed by atoms with Crippen LogP contribution in [0.4, 0.5) is 11.4 Å². The minimum absolute atomic E-state index is 0.167. The predicted molar refractivity (Wildman–Crippen MR) is 138 cm³/mol. The van der Waals surface area contributed by atoms with E-state index in [1.54, 1.807) is 13.2 Å². The second-order valence-electron chi connectivity index (χ2n) is 9.55. The molecule has 4 rings (SSSR count). The van der Waals surface area contributed by atoms with Gasteiger partial charge in [0.25, 0.3) is 5.91 Å². The molecule has 1 aliphatic rings. The summed E-state index contributed by atoms with van der Waals surface area (Å²) in [5, 5.41) is 5.46. The number of hydrogen-bond donors (Lipinski definition) is 1. The number of halogens is 1. The van der Waals surface area contributed by atoms with E-state index in [-0.39, 0.29) is 17.2 Å². The highest BCUT2D eigenvalue weighted by Gasteiger charge is 2.30. The Balaban J connectivity index is 1.47. The van der Waals surface area contributed by atoms with Gasteiger partial charge in [0.2, 0.25) is 5.91 Å². The van der Waals surface area contributed by atoms with Crippen molar-refractivity contribution in [2.45, 2.75) is 20.8 Å². The average Bonchev–Trinajstić information content (AvgIpc) is 2.82. The molecule has 0 radical (unpaired) electrons. The Kier molecular flexibility index (Phi) is 6.71. The lowest BCUT2D eigenvalue weighted by Crippen LogP contribution is -2.51. The molecule has 1 aliphatic heterocycles. The van der Waals surface area contributed by atoms with Gasteiger partial charge in [-0.2, -0.15) is 0 Å². The van der Waals surface area contributed by atoms with Crippen LogP contribution in [0.3, 0.4) is 0 Å². The minimum atomic E-state index is -0.382. The molecule has 178 valence electrons. The Morgan fingerprint density at radius 2 is 1.59 bits per heavy atom. The van der Waals surface area contributed by atoms with E-state index in [4.69, 9.17) is 16.3 Å². The van der Waals surface area contributed by atoms with Crippen LogP contribution in [0.2, 0.25) is 5.02 Å². The van der Waals surface area contributed by atoms with Gasteiger partial charge in [0.1, 0.15) is 5.75 Å². The van der Waals surface area contributed by atoms with Crippen molar-refractivity contribution in [2.24, 2.45) is 5.41 Å². The molecule has 0 saturated carbocycles. The lowest BCUT2D eigenvalue weighted by atomic mass is 9.94. The number of nitrogens with one attached hydrogen (secondary N) is 1. The lowest BCUT2D eigenvalue weighted by Gasteiger charge is -2.39. The third-order valence-electron chi connectivity index (χ3n) is 6.07. The zero-order valence-corrected chi connectivity index (χ0v) is 20.8. The third-order valence-corrected chi connectivity index (χ3v) is 6.37. The van der Waals surface area contributed by atoms with Crippen LogP contribution < -0.4 is 15.0 Å². The van der Waals surface area contributed by atoms with Gasteiger partial charge in [-0.3, -0.25) is 9.59 Å². The number of rotatable bonds is 4. The number of benzene rings is 3. The van der Waals surface area contributed by atoms with Crippen LogP contribution in [-0.2, 0) is 4.79 Å². The summed E-state index contributed by atoms with van der Waals surface area (Å²) >= 11 is 6.60. The Hall–Kier alpha value is -3.25. The predicted octanol–water partition coefficient (Wildman–Crippen LogP) is 5.45. The van der Waals surface area contributed by atoms with Gasteiger partial charge in [0.15, 0.2) is 0 Å². The number of carbonyl (C=O) groups excluding carboxylic acids is 2. The van der Waals surface area contributed by atoms with E-state index in [1.807, 2.05) is 74.2 Å². The van der Waals surface area contributed by atoms with Crippen molar-refractivity contribution < 1.29 is 14.3 Å². The van der Waals surface area contributed by atoms with Crippen molar-refractivity contribution in [3.05, 3.63) is 65.2 Å². The number of carbonyl (C=O) groups is 2. The van der Waals surface area contributed by atoms with E-state index in [0.717, 1.165) is 16.5 Å². The van der Waals surface area contributed by atoms with E-state index >= 15 is 0 Å². The topological polar surface area (TPSA) is 61.9 Å². The van der Waals surface area contributed by atoms with Gasteiger partial charge in [-0.1, -0.05) is 56.6 Å². The molecule has 3 aromatic rings. The fourth-order valence-electron chi connectivity index (χ4n) is 4.23. The van der Waals surface area contributed by atoms with Crippen LogP contribution in [-0.4, -0.2) is 50.0 Å². The maximum atomic E-state index is 13.0. The Labute approximate surface area is 205 Å². The molecule has 1 fully saturated rings. The number of piperazine rings is 1. The molecule has 0 unspecified atom stereocenters. The summed E-state index contributed by atoms with van der Waals surface area (Å²) in [4.78, 5) is 29.7. The van der Waals surface area contributed by atoms with Crippen LogP contribution in [0.25, 0.3) is 10.8 Å². The highest BCUT2D eigenvalue weighted by Crippen LogP contribution is 2.32. The van der Waals surface area contributed by atoms with E-state index in [1.165, 1.54) is 0 Å². The summed E-state index contributed by atoms with van der Waals surface area (Å²) in [5.74, 6) is 0.419. The van der Waals surface area contributed by atoms with Gasteiger partial charge in [0.05, 0.1) is 23.4 Å². The number of methoxy groups -OCH3 is 1. The van der Waals surface area contributed by atoms with Crippen molar-refractivity contribution in [2.75, 3.05) is 43.5 Å². The van der Waals surface area contributed by atoms with Gasteiger partial charge in [-0.05, 0) is 41.1 Å². The normalized spacial score (nSPS) is 14.3. The molecule has 6 nitrogen and oxygen atoms in total. The van der Waals surface area contributed by atoms with Gasteiger partial charge >= 0.3 is 0 Å². The van der Waals surface area contributed by atoms with E-state index in [0.29, 0.717) is 48.2 Å². The van der Waals surface area contributed by atoms with Crippen molar-refractivity contribution in [3.8, 4) is 5.75 Å². The molecule has 0 aliphatic carbocycles. The largest absolute Gasteiger partial charge is 0.496 e. The molecular formula is C27H30ClN3O3. The standard InChI is InChI=1S/C27H30ClN3O3/c1-27(2,3)26(33)31-13-11-30(12-14-31)23-10-9-20(17-22(23)28)29-25(32)21-15-18-7-5-6-8-19(18)16-24(21)34-4/h5-10,15-17H,11-14H2,1-4H3,(H,29,32). The van der Waals surface area contributed by atoms with E-state index in [9.17, 15) is 9.59 Å². The summed E-state index contributed by atoms with van der Waals surface area (Å²) in [6.07, 6.45) is 0. The molecule has 0 atom stereocenters. The highest BCUT2D eigenvalue weighted by molar-refractivity contribution is 6.33. The molecule has 1 N–H and O–H groups in total. The second kappa shape index (κ2) is 9.55. The zero-order chi connectivity index (χ0) is 24.5. The summed E-state index contributed by atoms with van der Waals surface area (Å²) in [6, 6.07) is 17.1. The van der Waals surface area contributed by atoms with E-state index in [2.05, 4.69) is 10.2 Å². The molecular weight excluding hydrogens is 450 g/mol. The van der Waals surface area contributed by atoms with Gasteiger partial charge < -0.3 is 19.9 Å². The number of fused-ring (bicyclic) bond motifs is 1. The first kappa shape index (κ1) is 23.9. The quantitative estimate of drug-likeness (QED) is 0.540. The van der Waals surface area contributed by atoms with Gasteiger partial charge in [-0.25, -0.2) is 0 Å². The monoisotopic (exact) mass is 479 g/mol. The molecule has 1 saturated heterocycles. The van der Waals surface area contributed by atoms with E-state index < -0.39 is 0 Å². The molecule has 34 heavy (non-hydrogen) atoms. The summed E-state index contributed by atoms with van der Waals surface area (Å²) in [5.41, 5.74) is 1.58. The van der Waals surface area contributed by atoms with Crippen LogP contribution in [0.1, 0.15) is 31.1 Å². The van der Waals surface area contributed by atoms with Crippen molar-refractivity contribution in [1.82, 2.24) is 4.90 Å². The number of amides is 2. The lowest BCUT2D eigenvalue weighted by molar-refractivity contribution is -0.139. The number of nitrogens with zero attached hydrogens (tertiary/aromatic N) is 2. The highest BCUT2D eigenvalue weighted by atomic mass is 35.5. The molecule has 0 aromatic heterocycles. The molecule has 0 bridgehead atoms. The van der Waals surface area contributed by atoms with Crippen molar-refractivity contribution in [3.63, 3.8) is 0 Å². The zero-order valence-electron chi connectivity index (χ0n) is 20.0. The number of anilines is 2. The van der Waals surface area contributed by atoms with Crippen LogP contribution in [0, 0.1) is 5.41 Å². The first-order chi connectivity index (χ1) is 16.2. The molecule has 2 amide bonds. The van der Waals surface area contributed by atoms with Gasteiger partial charge in [0, 0.05) is 37.3 Å². The Bertz CT molecular complexity index is 1230. The fraction of sp³-hybridized carbons (Fsp3) is 0.333. The van der Waals surface area contributed by atoms with Crippen molar-refractivity contribution in [1.29, 1.82) is 0 Å². The van der Waals surface area contributed by atoms with Crippen LogP contribution in [0.5, 0.6) is 5.75 Å². The first-order valence-corrected chi connectivity index (χ1v) is 11.8. The maximum Gasteiger partial charge on any atom is 0.259 e. The maximum absolute atomic E-state index is 13.0. The SMILES string of the molecule is COc1cc2ccccc2cc1C(=O)Nc1ccc(N2CCN(C(=O)C(C)(C)C)CC2)c(Cl)c1. The van der Waals surface area contributed by atoms with Crippen LogP contribution in [0.15, 0.2) is 54.6 Å². The van der Waals surface area contributed by atoms with Gasteiger partial charge in [-0.15, -0.1) is 0 Å². The fourth-order valence-corrected chi connectivity index (χ4v) is 4.53. The summed E-state index contributed by atoms with van der Waals surface area (Å²) in [6.45, 7) is 8.57. The number of ether oxygens (including phenoxy) is 1. The third kappa shape index (κ3) is 4.97. The minimum Gasteiger partial charge on any atom is -0.496 e. The van der Waals surface area contributed by atoms with Crippen molar-refractivity contribution >= 4 is 45.6 Å². The molecule has 1 heterocycles. The molecule has 0 spiro atoms. The Morgan fingerprint density at radius 1 is 0.941 bits per heavy atom. The average molecular weight is 480 g/mol. The second-order valence-corrected chi connectivity index (χ2v) is 9.96. The Morgan fingerprint density at radius 3 is 2.18 bits per heavy atom. The summed E-state index contributed by atoms with van der Waals surface area (Å²) < 4.78 is 5.46. The number of hydrogen-bond acceptors (Lipinski definition) is 4. The van der Waals surface area contributed by atoms with Crippen LogP contribution >= 0.6 is 11.6 Å². The molecule has 3 aromatic carbocycles.